The molecule has 13 nitrogen and oxygen atoms in total. The second-order valence-corrected chi connectivity index (χ2v) is 7.14. The summed E-state index contributed by atoms with van der Waals surface area (Å²) < 4.78 is 0. The fourth-order valence-corrected chi connectivity index (χ4v) is 2.71. The molecule has 0 heterocycles. The first-order valence-corrected chi connectivity index (χ1v) is 9.89. The Morgan fingerprint density at radius 3 is 2.09 bits per heavy atom. The van der Waals surface area contributed by atoms with Gasteiger partial charge in [0.2, 0.25) is 23.6 Å². The molecule has 3 atom stereocenters. The molecule has 0 aromatic heterocycles. The molecule has 0 saturated heterocycles. The number of nitrogens with two attached hydrogens (primary N) is 2. The largest absolute Gasteiger partial charge is 0.481 e. The van der Waals surface area contributed by atoms with E-state index in [1.807, 2.05) is 6.07 Å². The molecule has 0 spiro atoms. The first-order chi connectivity index (χ1) is 15.5. The second-order valence-electron chi connectivity index (χ2n) is 7.14. The van der Waals surface area contributed by atoms with Gasteiger partial charge in [0.25, 0.3) is 0 Å². The van der Waals surface area contributed by atoms with Crippen LogP contribution in [0.25, 0.3) is 0 Å². The molecule has 1 rings (SSSR count). The molecule has 9 N–H and O–H groups in total. The summed E-state index contributed by atoms with van der Waals surface area (Å²) in [5, 5.41) is 24.4. The second kappa shape index (κ2) is 13.4. The molecule has 0 radical (unpaired) electrons. The Morgan fingerprint density at radius 2 is 1.55 bits per heavy atom. The van der Waals surface area contributed by atoms with Gasteiger partial charge < -0.3 is 37.6 Å². The van der Waals surface area contributed by atoms with Gasteiger partial charge in [-0.2, -0.15) is 0 Å². The highest BCUT2D eigenvalue weighted by atomic mass is 16.4. The van der Waals surface area contributed by atoms with Crippen LogP contribution in [-0.4, -0.2) is 70.5 Å². The molecule has 1 aromatic carbocycles. The molecule has 0 fully saturated rings. The van der Waals surface area contributed by atoms with Crippen LogP contribution in [0.4, 0.5) is 0 Å². The number of benzene rings is 1. The molecule has 4 amide bonds. The third-order valence-corrected chi connectivity index (χ3v) is 4.38. The normalized spacial score (nSPS) is 13.1. The van der Waals surface area contributed by atoms with Crippen molar-refractivity contribution in [3.63, 3.8) is 0 Å². The summed E-state index contributed by atoms with van der Waals surface area (Å²) in [7, 11) is 0. The Kier molecular flexibility index (Phi) is 11.0. The molecule has 0 aliphatic heterocycles. The minimum atomic E-state index is -1.56. The molecule has 33 heavy (non-hydrogen) atoms. The van der Waals surface area contributed by atoms with E-state index in [0.29, 0.717) is 0 Å². The number of carbonyl (C=O) groups excluding carboxylic acids is 4. The molecule has 0 aliphatic rings. The third kappa shape index (κ3) is 10.7. The van der Waals surface area contributed by atoms with E-state index in [2.05, 4.69) is 16.0 Å². The Morgan fingerprint density at radius 1 is 0.909 bits per heavy atom. The van der Waals surface area contributed by atoms with E-state index in [9.17, 15) is 28.8 Å². The summed E-state index contributed by atoms with van der Waals surface area (Å²) in [5.74, 6) is -6.24. The third-order valence-electron chi connectivity index (χ3n) is 4.38. The van der Waals surface area contributed by atoms with Crippen LogP contribution < -0.4 is 27.4 Å². The number of nitrogens with one attached hydrogen (secondary N) is 3. The van der Waals surface area contributed by atoms with Crippen molar-refractivity contribution in [2.24, 2.45) is 11.5 Å². The molecular formula is C20H27N5O8. The molecule has 0 aliphatic carbocycles. The van der Waals surface area contributed by atoms with Gasteiger partial charge in [-0.25, -0.2) is 4.79 Å². The number of carbonyl (C=O) groups is 6. The van der Waals surface area contributed by atoms with Gasteiger partial charge in [0.15, 0.2) is 0 Å². The number of amides is 4. The van der Waals surface area contributed by atoms with Crippen LogP contribution >= 0.6 is 0 Å². The number of carboxylic acid groups (broad SMARTS) is 2. The lowest BCUT2D eigenvalue weighted by Gasteiger charge is -2.20. The number of carboxylic acids is 2. The first kappa shape index (κ1) is 27.0. The van der Waals surface area contributed by atoms with Gasteiger partial charge in [-0.1, -0.05) is 30.3 Å². The van der Waals surface area contributed by atoms with E-state index >= 15 is 0 Å². The summed E-state index contributed by atoms with van der Waals surface area (Å²) in [4.78, 5) is 69.8. The van der Waals surface area contributed by atoms with Crippen LogP contribution in [0.15, 0.2) is 30.3 Å². The zero-order valence-corrected chi connectivity index (χ0v) is 17.7. The lowest BCUT2D eigenvalue weighted by molar-refractivity contribution is -0.143. The first-order valence-electron chi connectivity index (χ1n) is 9.89. The number of rotatable bonds is 14. The molecular weight excluding hydrogens is 438 g/mol. The Labute approximate surface area is 188 Å². The minimum Gasteiger partial charge on any atom is -0.481 e. The van der Waals surface area contributed by atoms with Crippen molar-refractivity contribution < 1.29 is 39.0 Å². The molecule has 0 bridgehead atoms. The number of aliphatic carboxylic acids is 2. The Balaban J connectivity index is 2.65. The highest BCUT2D eigenvalue weighted by Crippen LogP contribution is 2.02. The average Bonchev–Trinajstić information content (AvgIpc) is 2.74. The smallest absolute Gasteiger partial charge is 0.326 e. The van der Waals surface area contributed by atoms with E-state index in [1.54, 1.807) is 24.3 Å². The maximum Gasteiger partial charge on any atom is 0.326 e. The van der Waals surface area contributed by atoms with Crippen LogP contribution in [-0.2, 0) is 35.2 Å². The van der Waals surface area contributed by atoms with Crippen LogP contribution in [0.2, 0.25) is 0 Å². The van der Waals surface area contributed by atoms with Crippen molar-refractivity contribution >= 4 is 35.6 Å². The summed E-state index contributed by atoms with van der Waals surface area (Å²) in [6.07, 6.45) is -1.36. The van der Waals surface area contributed by atoms with Crippen LogP contribution in [0.5, 0.6) is 0 Å². The SMILES string of the molecule is NC(=O)CC(NC(=O)CNC(=O)C(N)Cc1ccccc1)C(=O)NC(CCC(=O)O)C(=O)O. The fourth-order valence-electron chi connectivity index (χ4n) is 2.71. The Bertz CT molecular complexity index is 876. The number of primary amides is 1. The summed E-state index contributed by atoms with van der Waals surface area (Å²) in [5.41, 5.74) is 11.7. The van der Waals surface area contributed by atoms with Gasteiger partial charge in [0.05, 0.1) is 19.0 Å². The number of hydrogen-bond acceptors (Lipinski definition) is 7. The lowest BCUT2D eigenvalue weighted by atomic mass is 10.1. The van der Waals surface area contributed by atoms with Crippen LogP contribution in [0, 0.1) is 0 Å². The molecule has 180 valence electrons. The van der Waals surface area contributed by atoms with Gasteiger partial charge in [-0.05, 0) is 18.4 Å². The maximum absolute atomic E-state index is 12.4. The monoisotopic (exact) mass is 465 g/mol. The van der Waals surface area contributed by atoms with E-state index in [-0.39, 0.29) is 6.42 Å². The van der Waals surface area contributed by atoms with Crippen LogP contribution in [0.1, 0.15) is 24.8 Å². The van der Waals surface area contributed by atoms with Gasteiger partial charge in [0, 0.05) is 6.42 Å². The van der Waals surface area contributed by atoms with E-state index < -0.39 is 79.5 Å². The van der Waals surface area contributed by atoms with Crippen molar-refractivity contribution in [1.82, 2.24) is 16.0 Å². The summed E-state index contributed by atoms with van der Waals surface area (Å²) in [6, 6.07) is 4.93. The summed E-state index contributed by atoms with van der Waals surface area (Å²) in [6.45, 7) is -0.564. The van der Waals surface area contributed by atoms with E-state index in [1.165, 1.54) is 0 Å². The topological polar surface area (TPSA) is 231 Å². The zero-order valence-electron chi connectivity index (χ0n) is 17.7. The van der Waals surface area contributed by atoms with Gasteiger partial charge >= 0.3 is 11.9 Å². The highest BCUT2D eigenvalue weighted by molar-refractivity contribution is 5.95. The number of hydrogen-bond donors (Lipinski definition) is 7. The van der Waals surface area contributed by atoms with Gasteiger partial charge in [-0.3, -0.25) is 24.0 Å². The fraction of sp³-hybridized carbons (Fsp3) is 0.400. The van der Waals surface area contributed by atoms with Crippen molar-refractivity contribution in [1.29, 1.82) is 0 Å². The summed E-state index contributed by atoms with van der Waals surface area (Å²) >= 11 is 0. The molecule has 3 unspecified atom stereocenters. The quantitative estimate of drug-likeness (QED) is 0.153. The lowest BCUT2D eigenvalue weighted by Crippen LogP contribution is -2.54. The zero-order chi connectivity index (χ0) is 25.0. The van der Waals surface area contributed by atoms with Crippen LogP contribution in [0.3, 0.4) is 0 Å². The van der Waals surface area contributed by atoms with E-state index in [4.69, 9.17) is 21.7 Å². The van der Waals surface area contributed by atoms with Crippen molar-refractivity contribution in [2.75, 3.05) is 6.54 Å². The minimum absolute atomic E-state index is 0.230. The van der Waals surface area contributed by atoms with Gasteiger partial charge in [0.1, 0.15) is 12.1 Å². The van der Waals surface area contributed by atoms with Crippen molar-refractivity contribution in [3.8, 4) is 0 Å². The molecule has 0 saturated carbocycles. The van der Waals surface area contributed by atoms with Crippen molar-refractivity contribution in [2.45, 2.75) is 43.8 Å². The standard InChI is InChI=1S/C20H27N5O8/c21-12(8-11-4-2-1-3-5-11)18(30)23-10-16(27)24-14(9-15(22)26)19(31)25-13(20(32)33)6-7-17(28)29/h1-5,12-14H,6-10,21H2,(H2,22,26)(H,23,30)(H,24,27)(H,25,31)(H,28,29)(H,32,33). The van der Waals surface area contributed by atoms with E-state index in [0.717, 1.165) is 5.56 Å². The van der Waals surface area contributed by atoms with Crippen molar-refractivity contribution in [3.05, 3.63) is 35.9 Å². The van der Waals surface area contributed by atoms with Gasteiger partial charge in [-0.15, -0.1) is 0 Å². The molecule has 13 heteroatoms. The average molecular weight is 465 g/mol. The Hall–Kier alpha value is -4.00. The highest BCUT2D eigenvalue weighted by Gasteiger charge is 2.28. The predicted molar refractivity (Wildman–Crippen MR) is 113 cm³/mol. The molecule has 1 aromatic rings. The maximum atomic E-state index is 12.4. The predicted octanol–water partition coefficient (Wildman–Crippen LogP) is -2.53.